The van der Waals surface area contributed by atoms with E-state index < -0.39 is 6.17 Å². The van der Waals surface area contributed by atoms with Crippen molar-refractivity contribution < 1.29 is 9.13 Å². The maximum absolute atomic E-state index is 14.4. The fourth-order valence-corrected chi connectivity index (χ4v) is 9.09. The molecule has 2 aliphatic carbocycles. The van der Waals surface area contributed by atoms with Gasteiger partial charge in [-0.05, 0) is 87.9 Å². The summed E-state index contributed by atoms with van der Waals surface area (Å²) in [6, 6.07) is 8.47. The normalized spacial score (nSPS) is 35.5. The van der Waals surface area contributed by atoms with E-state index in [1.165, 1.54) is 48.9 Å². The van der Waals surface area contributed by atoms with Gasteiger partial charge >= 0.3 is 6.01 Å². The Balaban J connectivity index is 1.15. The highest BCUT2D eigenvalue weighted by molar-refractivity contribution is 5.55. The smallest absolute Gasteiger partial charge is 0.318 e. The van der Waals surface area contributed by atoms with E-state index in [1.54, 1.807) is 11.1 Å². The van der Waals surface area contributed by atoms with Crippen LogP contribution in [-0.2, 0) is 24.7 Å². The van der Waals surface area contributed by atoms with Crippen molar-refractivity contribution in [1.82, 2.24) is 20.2 Å². The van der Waals surface area contributed by atoms with Crippen LogP contribution in [0.4, 0.5) is 10.2 Å². The van der Waals surface area contributed by atoms with Gasteiger partial charge in [0.2, 0.25) is 0 Å². The average molecular weight is 518 g/mol. The first-order chi connectivity index (χ1) is 18.5. The number of hydrogen-bond donors (Lipinski definition) is 1. The van der Waals surface area contributed by atoms with Gasteiger partial charge in [0.15, 0.2) is 0 Å². The Morgan fingerprint density at radius 1 is 1.05 bits per heavy atom. The largest absolute Gasteiger partial charge is 0.461 e. The van der Waals surface area contributed by atoms with E-state index in [0.717, 1.165) is 51.1 Å². The van der Waals surface area contributed by atoms with Crippen molar-refractivity contribution in [3.05, 3.63) is 46.1 Å². The van der Waals surface area contributed by atoms with Crippen LogP contribution in [0.25, 0.3) is 0 Å². The maximum Gasteiger partial charge on any atom is 0.318 e. The van der Waals surface area contributed by atoms with E-state index >= 15 is 0 Å². The van der Waals surface area contributed by atoms with Crippen LogP contribution in [0.15, 0.2) is 18.2 Å². The Hall–Kier alpha value is -2.25. The zero-order valence-electron chi connectivity index (χ0n) is 22.6. The second-order valence-corrected chi connectivity index (χ2v) is 13.2. The molecule has 202 valence electrons. The third-order valence-corrected chi connectivity index (χ3v) is 11.0. The summed E-state index contributed by atoms with van der Waals surface area (Å²) < 4.78 is 20.9. The van der Waals surface area contributed by atoms with Crippen LogP contribution in [0.1, 0.15) is 72.9 Å². The molecule has 4 aliphatic heterocycles. The first-order valence-corrected chi connectivity index (χ1v) is 15.0. The highest BCUT2D eigenvalue weighted by Gasteiger charge is 2.50. The highest BCUT2D eigenvalue weighted by Crippen LogP contribution is 2.49. The minimum Gasteiger partial charge on any atom is -0.461 e. The number of piperazine rings is 1. The average Bonchev–Trinajstić information content (AvgIpc) is 3.64. The van der Waals surface area contributed by atoms with E-state index in [-0.39, 0.29) is 11.0 Å². The summed E-state index contributed by atoms with van der Waals surface area (Å²) in [6.45, 7) is 6.29. The van der Waals surface area contributed by atoms with Crippen molar-refractivity contribution in [1.29, 1.82) is 0 Å². The van der Waals surface area contributed by atoms with Gasteiger partial charge in [-0.1, -0.05) is 18.2 Å². The van der Waals surface area contributed by atoms with Gasteiger partial charge in [0, 0.05) is 49.1 Å². The molecule has 1 aromatic carbocycles. The number of aromatic nitrogens is 2. The van der Waals surface area contributed by atoms with Crippen molar-refractivity contribution in [2.75, 3.05) is 37.7 Å². The molecule has 1 unspecified atom stereocenters. The van der Waals surface area contributed by atoms with Crippen LogP contribution in [0.2, 0.25) is 0 Å². The van der Waals surface area contributed by atoms with Gasteiger partial charge in [-0.2, -0.15) is 9.97 Å². The van der Waals surface area contributed by atoms with Gasteiger partial charge in [-0.25, -0.2) is 4.39 Å². The van der Waals surface area contributed by atoms with Crippen LogP contribution >= 0.6 is 0 Å². The van der Waals surface area contributed by atoms with Crippen LogP contribution in [0.5, 0.6) is 6.01 Å². The van der Waals surface area contributed by atoms with E-state index in [9.17, 15) is 4.39 Å². The zero-order valence-corrected chi connectivity index (χ0v) is 22.6. The van der Waals surface area contributed by atoms with Crippen molar-refractivity contribution in [2.45, 2.75) is 100 Å². The standard InChI is InChI=1S/C31H40FN5O/c1-20-4-2-5-26-24(20)8-11-30(26)12-9-25-27(15-30)34-29(35-28(25)36-17-22-6-7-23(18-36)33-22)38-19-31-10-3-13-37(31)16-21(32)14-31/h2,4-5,21-23,33H,3,6-19H2,1H3/t21-,22-,23+,30?,31+/m1/s1. The lowest BCUT2D eigenvalue weighted by Gasteiger charge is -2.39. The predicted octanol–water partition coefficient (Wildman–Crippen LogP) is 4.05. The van der Waals surface area contributed by atoms with Crippen LogP contribution in [0, 0.1) is 6.92 Å². The van der Waals surface area contributed by atoms with Crippen LogP contribution in [0.3, 0.4) is 0 Å². The molecular formula is C31H40FN5O. The second-order valence-electron chi connectivity index (χ2n) is 13.2. The first kappa shape index (κ1) is 23.6. The van der Waals surface area contributed by atoms with E-state index in [2.05, 4.69) is 40.2 Å². The molecule has 2 bridgehead atoms. The molecule has 0 amide bonds. The third kappa shape index (κ3) is 3.64. The molecule has 4 saturated heterocycles. The summed E-state index contributed by atoms with van der Waals surface area (Å²) in [7, 11) is 0. The first-order valence-electron chi connectivity index (χ1n) is 15.0. The van der Waals surface area contributed by atoms with Crippen molar-refractivity contribution >= 4 is 5.82 Å². The molecular weight excluding hydrogens is 477 g/mol. The number of nitrogens with one attached hydrogen (secondary N) is 1. The van der Waals surface area contributed by atoms with Gasteiger partial charge in [-0.3, -0.25) is 4.90 Å². The molecule has 7 heteroatoms. The Kier molecular flexibility index (Phi) is 5.36. The molecule has 38 heavy (non-hydrogen) atoms. The number of anilines is 1. The van der Waals surface area contributed by atoms with Gasteiger partial charge in [-0.15, -0.1) is 0 Å². The Bertz CT molecular complexity index is 1260. The van der Waals surface area contributed by atoms with Crippen LogP contribution < -0.4 is 15.0 Å². The fraction of sp³-hybridized carbons (Fsp3) is 0.677. The number of benzene rings is 1. The summed E-state index contributed by atoms with van der Waals surface area (Å²) in [5.74, 6) is 1.11. The molecule has 6 nitrogen and oxygen atoms in total. The van der Waals surface area contributed by atoms with Gasteiger partial charge in [0.1, 0.15) is 18.6 Å². The summed E-state index contributed by atoms with van der Waals surface area (Å²) in [4.78, 5) is 15.1. The van der Waals surface area contributed by atoms with E-state index in [0.29, 0.717) is 37.7 Å². The summed E-state index contributed by atoms with van der Waals surface area (Å²) >= 11 is 0. The number of nitrogens with zero attached hydrogens (tertiary/aromatic N) is 4. The van der Waals surface area contributed by atoms with Gasteiger partial charge < -0.3 is 15.0 Å². The number of rotatable bonds is 4. The lowest BCUT2D eigenvalue weighted by atomic mass is 9.69. The Labute approximate surface area is 225 Å². The summed E-state index contributed by atoms with van der Waals surface area (Å²) in [5, 5.41) is 3.77. The summed E-state index contributed by atoms with van der Waals surface area (Å²) in [6.07, 6.45) is 9.99. The van der Waals surface area contributed by atoms with E-state index in [4.69, 9.17) is 14.7 Å². The minimum atomic E-state index is -0.749. The zero-order chi connectivity index (χ0) is 25.5. The second kappa shape index (κ2) is 8.62. The van der Waals surface area contributed by atoms with Crippen molar-refractivity contribution in [3.8, 4) is 6.01 Å². The van der Waals surface area contributed by atoms with Crippen molar-refractivity contribution in [3.63, 3.8) is 0 Å². The Morgan fingerprint density at radius 3 is 2.71 bits per heavy atom. The lowest BCUT2D eigenvalue weighted by molar-refractivity contribution is 0.107. The molecule has 6 aliphatic rings. The minimum absolute atomic E-state index is 0.174. The topological polar surface area (TPSA) is 53.5 Å². The highest BCUT2D eigenvalue weighted by atomic mass is 19.1. The Morgan fingerprint density at radius 2 is 1.87 bits per heavy atom. The molecule has 1 aromatic heterocycles. The summed E-state index contributed by atoms with van der Waals surface area (Å²) in [5.41, 5.74) is 7.05. The number of halogens is 1. The number of alkyl halides is 1. The fourth-order valence-electron chi connectivity index (χ4n) is 9.09. The molecule has 5 heterocycles. The maximum atomic E-state index is 14.4. The van der Waals surface area contributed by atoms with Gasteiger partial charge in [0.25, 0.3) is 0 Å². The third-order valence-electron chi connectivity index (χ3n) is 11.0. The van der Waals surface area contributed by atoms with Crippen molar-refractivity contribution in [2.24, 2.45) is 0 Å². The number of aryl methyl sites for hydroxylation is 1. The van der Waals surface area contributed by atoms with E-state index in [1.807, 2.05) is 0 Å². The molecule has 5 atom stereocenters. The lowest BCUT2D eigenvalue weighted by Crippen LogP contribution is -2.52. The number of fused-ring (bicyclic) bond motifs is 6. The van der Waals surface area contributed by atoms with Crippen LogP contribution in [-0.4, -0.2) is 71.4 Å². The SMILES string of the molecule is Cc1cccc2c1CCC21CCc2c(nc(OC[C@@]34CCCN3C[C@H](F)C4)nc2N2C[C@H]3CC[C@@H](C2)N3)C1. The molecule has 0 radical (unpaired) electrons. The number of ether oxygens (including phenoxy) is 1. The quantitative estimate of drug-likeness (QED) is 0.661. The van der Waals surface area contributed by atoms with Gasteiger partial charge in [0.05, 0.1) is 11.2 Å². The molecule has 4 fully saturated rings. The molecule has 2 aromatic rings. The molecule has 0 saturated carbocycles. The monoisotopic (exact) mass is 517 g/mol. The molecule has 1 spiro atoms. The molecule has 8 rings (SSSR count). The molecule has 1 N–H and O–H groups in total. The number of hydrogen-bond acceptors (Lipinski definition) is 6. The predicted molar refractivity (Wildman–Crippen MR) is 146 cm³/mol.